The standard InChI is InChI=1S/C19H6F4N2/c20-14-13-11-6-8(7-24)5-10-9-3-1-2-4-12(9)25(18(10)11)19(13)17(23)16(22)15(14)21/h1-6H. The van der Waals surface area contributed by atoms with Gasteiger partial charge in [-0.05, 0) is 18.2 Å². The molecule has 25 heavy (non-hydrogen) atoms. The quantitative estimate of drug-likeness (QED) is 0.215. The smallest absolute Gasteiger partial charge is 0.199 e. The monoisotopic (exact) mass is 338 g/mol. The molecule has 3 aromatic carbocycles. The van der Waals surface area contributed by atoms with Crippen molar-refractivity contribution in [2.45, 2.75) is 0 Å². The molecule has 0 amide bonds. The molecule has 2 nitrogen and oxygen atoms in total. The molecule has 0 bridgehead atoms. The second-order valence-electron chi connectivity index (χ2n) is 5.86. The maximum absolute atomic E-state index is 14.6. The van der Waals surface area contributed by atoms with E-state index in [-0.39, 0.29) is 21.9 Å². The van der Waals surface area contributed by atoms with Crippen LogP contribution in [0.15, 0.2) is 36.4 Å². The Morgan fingerprint density at radius 2 is 1.44 bits per heavy atom. The summed E-state index contributed by atoms with van der Waals surface area (Å²) in [6.07, 6.45) is 0. The Kier molecular flexibility index (Phi) is 2.47. The van der Waals surface area contributed by atoms with Crippen molar-refractivity contribution in [2.24, 2.45) is 0 Å². The van der Waals surface area contributed by atoms with Crippen molar-refractivity contribution >= 4 is 38.1 Å². The summed E-state index contributed by atoms with van der Waals surface area (Å²) in [5.74, 6) is -6.62. The number of fused-ring (bicyclic) bond motifs is 6. The van der Waals surface area contributed by atoms with E-state index in [4.69, 9.17) is 0 Å². The molecule has 0 N–H and O–H groups in total. The van der Waals surface area contributed by atoms with Crippen LogP contribution in [0.5, 0.6) is 0 Å². The topological polar surface area (TPSA) is 28.2 Å². The van der Waals surface area contributed by atoms with Gasteiger partial charge in [-0.3, -0.25) is 0 Å². The van der Waals surface area contributed by atoms with Crippen LogP contribution in [-0.4, -0.2) is 4.40 Å². The van der Waals surface area contributed by atoms with E-state index in [0.717, 1.165) is 0 Å². The van der Waals surface area contributed by atoms with Crippen LogP contribution in [0.3, 0.4) is 0 Å². The van der Waals surface area contributed by atoms with Gasteiger partial charge in [-0.1, -0.05) is 18.2 Å². The van der Waals surface area contributed by atoms with Crippen LogP contribution in [-0.2, 0) is 0 Å². The molecule has 0 atom stereocenters. The van der Waals surface area contributed by atoms with Gasteiger partial charge in [0.25, 0.3) is 0 Å². The van der Waals surface area contributed by atoms with Crippen molar-refractivity contribution in [3.8, 4) is 6.07 Å². The summed E-state index contributed by atoms with van der Waals surface area (Å²) in [5.41, 5.74) is 0.811. The lowest BCUT2D eigenvalue weighted by molar-refractivity contribution is 0.417. The van der Waals surface area contributed by atoms with Gasteiger partial charge < -0.3 is 4.40 Å². The third-order valence-electron chi connectivity index (χ3n) is 4.63. The number of hydrogen-bond donors (Lipinski definition) is 0. The minimum Gasteiger partial charge on any atom is -0.305 e. The zero-order chi connectivity index (χ0) is 17.5. The fourth-order valence-electron chi connectivity index (χ4n) is 3.66. The molecular formula is C19H6F4N2. The first-order chi connectivity index (χ1) is 12.0. The van der Waals surface area contributed by atoms with Crippen molar-refractivity contribution in [1.29, 1.82) is 5.26 Å². The lowest BCUT2D eigenvalue weighted by Crippen LogP contribution is -1.98. The number of nitrogens with zero attached hydrogens (tertiary/aromatic N) is 2. The highest BCUT2D eigenvalue weighted by molar-refractivity contribution is 6.23. The molecule has 0 saturated carbocycles. The molecule has 0 unspecified atom stereocenters. The predicted molar refractivity (Wildman–Crippen MR) is 85.6 cm³/mol. The van der Waals surface area contributed by atoms with Gasteiger partial charge in [0.1, 0.15) is 0 Å². The fourth-order valence-corrected chi connectivity index (χ4v) is 3.66. The zero-order valence-electron chi connectivity index (χ0n) is 12.4. The largest absolute Gasteiger partial charge is 0.305 e. The lowest BCUT2D eigenvalue weighted by Gasteiger charge is -2.03. The van der Waals surface area contributed by atoms with Gasteiger partial charge in [-0.2, -0.15) is 5.26 Å². The van der Waals surface area contributed by atoms with E-state index in [9.17, 15) is 22.8 Å². The minimum atomic E-state index is -1.86. The highest BCUT2D eigenvalue weighted by Crippen LogP contribution is 2.42. The molecule has 5 rings (SSSR count). The number of hydrogen-bond acceptors (Lipinski definition) is 1. The molecule has 5 aromatic rings. The number of aromatic nitrogens is 1. The summed E-state index contributed by atoms with van der Waals surface area (Å²) in [5, 5.41) is 10.4. The first kappa shape index (κ1) is 14.1. The number of rotatable bonds is 0. The SMILES string of the molecule is N#Cc1cc2c3ccccc3n3c4c(F)c(F)c(F)c(F)c4c(c1)c23. The predicted octanol–water partition coefficient (Wildman–Crippen LogP) is 5.26. The Morgan fingerprint density at radius 1 is 0.760 bits per heavy atom. The number of benzene rings is 3. The van der Waals surface area contributed by atoms with Crippen LogP contribution in [0.1, 0.15) is 5.56 Å². The molecule has 0 aliphatic rings. The Labute approximate surface area is 137 Å². The highest BCUT2D eigenvalue weighted by Gasteiger charge is 2.28. The molecule has 0 spiro atoms. The van der Waals surface area contributed by atoms with E-state index in [1.165, 1.54) is 10.5 Å². The third-order valence-corrected chi connectivity index (χ3v) is 4.63. The Bertz CT molecular complexity index is 1390. The van der Waals surface area contributed by atoms with Crippen molar-refractivity contribution < 1.29 is 17.6 Å². The molecule has 2 heterocycles. The summed E-state index contributed by atoms with van der Waals surface area (Å²) in [4.78, 5) is 0. The fraction of sp³-hybridized carbons (Fsp3) is 0. The van der Waals surface area contributed by atoms with Crippen LogP contribution in [0, 0.1) is 34.6 Å². The molecule has 6 heteroatoms. The van der Waals surface area contributed by atoms with E-state index < -0.39 is 23.3 Å². The van der Waals surface area contributed by atoms with E-state index >= 15 is 0 Å². The molecule has 0 fully saturated rings. The molecule has 0 aliphatic carbocycles. The Morgan fingerprint density at radius 3 is 2.20 bits per heavy atom. The van der Waals surface area contributed by atoms with Gasteiger partial charge in [0.05, 0.1) is 33.6 Å². The number of halogens is 4. The maximum atomic E-state index is 14.6. The Hall–Kier alpha value is -3.33. The molecule has 2 aromatic heterocycles. The molecule has 0 saturated heterocycles. The van der Waals surface area contributed by atoms with Crippen molar-refractivity contribution in [2.75, 3.05) is 0 Å². The second-order valence-corrected chi connectivity index (χ2v) is 5.86. The zero-order valence-corrected chi connectivity index (χ0v) is 12.4. The van der Waals surface area contributed by atoms with Gasteiger partial charge in [0, 0.05) is 16.2 Å². The molecule has 0 radical (unpaired) electrons. The molecular weight excluding hydrogens is 332 g/mol. The van der Waals surface area contributed by atoms with Crippen molar-refractivity contribution in [3.63, 3.8) is 0 Å². The first-order valence-electron chi connectivity index (χ1n) is 7.38. The van der Waals surface area contributed by atoms with E-state index in [1.807, 2.05) is 6.07 Å². The van der Waals surface area contributed by atoms with Crippen LogP contribution >= 0.6 is 0 Å². The molecule has 0 aliphatic heterocycles. The number of nitriles is 1. The van der Waals surface area contributed by atoms with E-state index in [1.54, 1.807) is 30.3 Å². The third kappa shape index (κ3) is 1.48. The number of para-hydroxylation sites is 1. The van der Waals surface area contributed by atoms with Crippen LogP contribution in [0.25, 0.3) is 38.1 Å². The maximum Gasteiger partial charge on any atom is 0.199 e. The first-order valence-corrected chi connectivity index (χ1v) is 7.38. The van der Waals surface area contributed by atoms with Gasteiger partial charge in [-0.15, -0.1) is 0 Å². The van der Waals surface area contributed by atoms with Gasteiger partial charge in [0.15, 0.2) is 23.3 Å². The molecule has 120 valence electrons. The van der Waals surface area contributed by atoms with Crippen LogP contribution in [0.2, 0.25) is 0 Å². The lowest BCUT2D eigenvalue weighted by atomic mass is 10.0. The van der Waals surface area contributed by atoms with E-state index in [2.05, 4.69) is 0 Å². The van der Waals surface area contributed by atoms with Gasteiger partial charge in [0.2, 0.25) is 0 Å². The van der Waals surface area contributed by atoms with Crippen molar-refractivity contribution in [1.82, 2.24) is 4.40 Å². The van der Waals surface area contributed by atoms with Gasteiger partial charge >= 0.3 is 0 Å². The van der Waals surface area contributed by atoms with Crippen molar-refractivity contribution in [3.05, 3.63) is 65.2 Å². The second kappa shape index (κ2) is 4.39. The van der Waals surface area contributed by atoms with E-state index in [0.29, 0.717) is 21.8 Å². The van der Waals surface area contributed by atoms with Gasteiger partial charge in [-0.25, -0.2) is 17.6 Å². The average Bonchev–Trinajstić information content (AvgIpc) is 3.15. The summed E-state index contributed by atoms with van der Waals surface area (Å²) in [7, 11) is 0. The normalized spacial score (nSPS) is 12.0. The summed E-state index contributed by atoms with van der Waals surface area (Å²) < 4.78 is 58.1. The summed E-state index contributed by atoms with van der Waals surface area (Å²) in [6.45, 7) is 0. The summed E-state index contributed by atoms with van der Waals surface area (Å²) in [6, 6.07) is 11.9. The van der Waals surface area contributed by atoms with Crippen LogP contribution < -0.4 is 0 Å². The average molecular weight is 338 g/mol. The van der Waals surface area contributed by atoms with Crippen LogP contribution in [0.4, 0.5) is 17.6 Å². The summed E-state index contributed by atoms with van der Waals surface area (Å²) >= 11 is 0. The minimum absolute atomic E-state index is 0.176. The highest BCUT2D eigenvalue weighted by atomic mass is 19.2. The Balaban J connectivity index is 2.28.